The number of Topliss-reactive ketones (excluding diaryl/α,β-unsaturated/α-hetero) is 1. The Hall–Kier alpha value is -3.57. The van der Waals surface area contributed by atoms with Crippen LogP contribution in [0.3, 0.4) is 0 Å². The van der Waals surface area contributed by atoms with Crippen molar-refractivity contribution >= 4 is 73.9 Å². The second kappa shape index (κ2) is 14.5. The number of likely N-dealkylation sites (N-methyl/N-ethyl adjacent to an activating group) is 1. The molecule has 2 aliphatic rings. The van der Waals surface area contributed by atoms with Gasteiger partial charge in [0.25, 0.3) is 0 Å². The Kier molecular flexibility index (Phi) is 10.4. The number of pyridine rings is 1. The number of carbonyl (C=O) groups excluding carboxylic acids is 1. The minimum absolute atomic E-state index is 0.0210. The number of carbonyl (C=O) groups is 1. The standard InChI is InChI=1S/C35H44BrN8O3P/c1-23(45)26-19-29(32(47-3)20-31(26)44-15-11-24(12-16-44)43-14-8-13-42(2)17-18-43)40-35-38-21-27(36)34(41-35)39-30-22-37-28-10-7-6-9-25(28)33(30)48(4,5)46/h6-7,9-10,19-22,24H,8,11-18H2,1-5H3,(H2,38,39,40,41). The zero-order chi connectivity index (χ0) is 34.0. The van der Waals surface area contributed by atoms with Gasteiger partial charge in [-0.05, 0) is 87.7 Å². The zero-order valence-electron chi connectivity index (χ0n) is 28.3. The summed E-state index contributed by atoms with van der Waals surface area (Å²) >= 11 is 3.56. The van der Waals surface area contributed by atoms with Crippen LogP contribution in [0.2, 0.25) is 0 Å². The zero-order valence-corrected chi connectivity index (χ0v) is 30.8. The number of hydrogen-bond donors (Lipinski definition) is 2. The van der Waals surface area contributed by atoms with Crippen LogP contribution in [-0.2, 0) is 4.57 Å². The molecule has 4 heterocycles. The summed E-state index contributed by atoms with van der Waals surface area (Å²) in [5.41, 5.74) is 3.48. The maximum absolute atomic E-state index is 13.5. The van der Waals surface area contributed by atoms with Gasteiger partial charge in [-0.1, -0.05) is 18.2 Å². The topological polar surface area (TPSA) is 116 Å². The van der Waals surface area contributed by atoms with Gasteiger partial charge < -0.3 is 29.7 Å². The predicted molar refractivity (Wildman–Crippen MR) is 199 cm³/mol. The molecule has 0 saturated carbocycles. The van der Waals surface area contributed by atoms with Crippen molar-refractivity contribution in [2.75, 3.05) is 82.3 Å². The molecule has 0 aliphatic carbocycles. The summed E-state index contributed by atoms with van der Waals surface area (Å²) in [6.07, 6.45) is 6.66. The molecule has 2 aliphatic heterocycles. The number of fused-ring (bicyclic) bond motifs is 1. The second-order valence-corrected chi connectivity index (χ2v) is 17.1. The monoisotopic (exact) mass is 734 g/mol. The minimum Gasteiger partial charge on any atom is -0.494 e. The first-order valence-corrected chi connectivity index (χ1v) is 19.8. The highest BCUT2D eigenvalue weighted by molar-refractivity contribution is 9.10. The number of hydrogen-bond acceptors (Lipinski definition) is 11. The van der Waals surface area contributed by atoms with Gasteiger partial charge in [0.2, 0.25) is 5.95 Å². The third-order valence-electron chi connectivity index (χ3n) is 9.30. The van der Waals surface area contributed by atoms with Crippen molar-refractivity contribution in [3.05, 3.63) is 58.8 Å². The van der Waals surface area contributed by atoms with Crippen molar-refractivity contribution in [2.45, 2.75) is 32.2 Å². The molecule has 0 spiro atoms. The lowest BCUT2D eigenvalue weighted by atomic mass is 9.99. The third kappa shape index (κ3) is 7.52. The average Bonchev–Trinajstić information content (AvgIpc) is 3.29. The Morgan fingerprint density at radius 1 is 0.979 bits per heavy atom. The van der Waals surface area contributed by atoms with Crippen LogP contribution < -0.4 is 25.6 Å². The molecular formula is C35H44BrN8O3P. The second-order valence-electron chi connectivity index (χ2n) is 13.1. The molecular weight excluding hydrogens is 691 g/mol. The van der Waals surface area contributed by atoms with E-state index >= 15 is 0 Å². The molecule has 4 aromatic rings. The van der Waals surface area contributed by atoms with Crippen LogP contribution in [-0.4, -0.2) is 103 Å². The number of rotatable bonds is 9. The molecule has 2 N–H and O–H groups in total. The fourth-order valence-electron chi connectivity index (χ4n) is 6.84. The van der Waals surface area contributed by atoms with Gasteiger partial charge in [0.05, 0.1) is 40.4 Å². The van der Waals surface area contributed by atoms with Crippen LogP contribution in [0.5, 0.6) is 5.75 Å². The first-order chi connectivity index (χ1) is 23.0. The molecule has 0 unspecified atom stereocenters. The Labute approximate surface area is 291 Å². The largest absolute Gasteiger partial charge is 0.494 e. The molecule has 0 bridgehead atoms. The maximum Gasteiger partial charge on any atom is 0.229 e. The van der Waals surface area contributed by atoms with E-state index in [4.69, 9.17) is 9.72 Å². The molecule has 2 aromatic heterocycles. The normalized spacial score (nSPS) is 16.9. The van der Waals surface area contributed by atoms with Crippen LogP contribution in [0.25, 0.3) is 10.9 Å². The SMILES string of the molecule is COc1cc(N2CCC(N3CCCN(C)CC3)CC2)c(C(C)=O)cc1Nc1ncc(Br)c(Nc2cnc3ccccc3c2P(C)(C)=O)n1. The molecule has 0 amide bonds. The summed E-state index contributed by atoms with van der Waals surface area (Å²) in [6.45, 7) is 11.4. The van der Waals surface area contributed by atoms with E-state index in [-0.39, 0.29) is 5.78 Å². The highest BCUT2D eigenvalue weighted by atomic mass is 79.9. The van der Waals surface area contributed by atoms with E-state index in [0.717, 1.165) is 68.7 Å². The maximum atomic E-state index is 13.5. The number of methoxy groups -OCH3 is 1. The lowest BCUT2D eigenvalue weighted by Gasteiger charge is -2.39. The lowest BCUT2D eigenvalue weighted by molar-refractivity contribution is 0.101. The molecule has 11 nitrogen and oxygen atoms in total. The van der Waals surface area contributed by atoms with Gasteiger partial charge in [-0.15, -0.1) is 0 Å². The van der Waals surface area contributed by atoms with Gasteiger partial charge >= 0.3 is 0 Å². The van der Waals surface area contributed by atoms with E-state index in [2.05, 4.69) is 58.3 Å². The number of halogens is 1. The third-order valence-corrected chi connectivity index (χ3v) is 11.4. The molecule has 48 heavy (non-hydrogen) atoms. The van der Waals surface area contributed by atoms with E-state index < -0.39 is 7.14 Å². The lowest BCUT2D eigenvalue weighted by Crippen LogP contribution is -2.46. The van der Waals surface area contributed by atoms with Crippen molar-refractivity contribution < 1.29 is 14.1 Å². The van der Waals surface area contributed by atoms with Gasteiger partial charge in [-0.2, -0.15) is 4.98 Å². The average molecular weight is 736 g/mol. The summed E-state index contributed by atoms with van der Waals surface area (Å²) in [4.78, 5) is 34.2. The number of anilines is 5. The molecule has 0 atom stereocenters. The van der Waals surface area contributed by atoms with Crippen molar-refractivity contribution in [2.24, 2.45) is 0 Å². The Morgan fingerprint density at radius 3 is 2.48 bits per heavy atom. The van der Waals surface area contributed by atoms with Crippen molar-refractivity contribution in [3.8, 4) is 5.75 Å². The first kappa shape index (κ1) is 34.3. The molecule has 2 fully saturated rings. The summed E-state index contributed by atoms with van der Waals surface area (Å²) in [5, 5.41) is 8.16. The quantitative estimate of drug-likeness (QED) is 0.148. The number of para-hydroxylation sites is 1. The Bertz CT molecular complexity index is 1860. The van der Waals surface area contributed by atoms with E-state index in [0.29, 0.717) is 50.3 Å². The van der Waals surface area contributed by atoms with Gasteiger partial charge in [0.15, 0.2) is 5.78 Å². The summed E-state index contributed by atoms with van der Waals surface area (Å²) in [7, 11) is 1.12. The molecule has 2 saturated heterocycles. The minimum atomic E-state index is -2.71. The van der Waals surface area contributed by atoms with Gasteiger partial charge in [-0.3, -0.25) is 14.7 Å². The highest BCUT2D eigenvalue weighted by Crippen LogP contribution is 2.42. The van der Waals surface area contributed by atoms with Crippen molar-refractivity contribution in [1.29, 1.82) is 0 Å². The fraction of sp³-hybridized carbons (Fsp3) is 0.429. The van der Waals surface area contributed by atoms with E-state index in [1.165, 1.54) is 6.42 Å². The predicted octanol–water partition coefficient (Wildman–Crippen LogP) is 6.34. The van der Waals surface area contributed by atoms with E-state index in [1.807, 2.05) is 36.4 Å². The first-order valence-electron chi connectivity index (χ1n) is 16.4. The number of benzene rings is 2. The number of piperidine rings is 1. The van der Waals surface area contributed by atoms with Crippen LogP contribution in [0.15, 0.2) is 53.3 Å². The molecule has 0 radical (unpaired) electrons. The van der Waals surface area contributed by atoms with E-state index in [1.54, 1.807) is 39.8 Å². The number of nitrogens with zero attached hydrogens (tertiary/aromatic N) is 6. The molecule has 13 heteroatoms. The number of ether oxygens (including phenoxy) is 1. The van der Waals surface area contributed by atoms with Gasteiger partial charge in [0, 0.05) is 60.7 Å². The van der Waals surface area contributed by atoms with Crippen LogP contribution in [0, 0.1) is 0 Å². The summed E-state index contributed by atoms with van der Waals surface area (Å²) in [5.74, 6) is 1.34. The van der Waals surface area contributed by atoms with Crippen LogP contribution >= 0.6 is 23.1 Å². The number of aromatic nitrogens is 3. The van der Waals surface area contributed by atoms with E-state index in [9.17, 15) is 9.36 Å². The molecule has 254 valence electrons. The van der Waals surface area contributed by atoms with Crippen molar-refractivity contribution in [3.63, 3.8) is 0 Å². The number of nitrogens with one attached hydrogen (secondary N) is 2. The molecule has 6 rings (SSSR count). The van der Waals surface area contributed by atoms with Crippen LogP contribution in [0.1, 0.15) is 36.5 Å². The summed E-state index contributed by atoms with van der Waals surface area (Å²) < 4.78 is 19.9. The Morgan fingerprint density at radius 2 is 1.75 bits per heavy atom. The Balaban J connectivity index is 1.24. The smallest absolute Gasteiger partial charge is 0.229 e. The number of ketones is 1. The van der Waals surface area contributed by atoms with Gasteiger partial charge in [-0.25, -0.2) is 4.98 Å². The highest BCUT2D eigenvalue weighted by Gasteiger charge is 2.28. The molecule has 2 aromatic carbocycles. The summed E-state index contributed by atoms with van der Waals surface area (Å²) in [6, 6.07) is 12.0. The van der Waals surface area contributed by atoms with Crippen LogP contribution in [0.4, 0.5) is 28.8 Å². The van der Waals surface area contributed by atoms with Crippen molar-refractivity contribution in [1.82, 2.24) is 24.8 Å². The van der Waals surface area contributed by atoms with Gasteiger partial charge in [0.1, 0.15) is 18.7 Å². The fourth-order valence-corrected chi connectivity index (χ4v) is 8.60.